The number of rotatable bonds is 12. The Bertz CT molecular complexity index is 1510. The van der Waals surface area contributed by atoms with Gasteiger partial charge in [-0.05, 0) is 79.9 Å². The summed E-state index contributed by atoms with van der Waals surface area (Å²) in [5.41, 5.74) is 0.502. The molecular formula is C31H34Cl2FN3O5S. The zero-order chi connectivity index (χ0) is 31.1. The molecule has 0 saturated heterocycles. The fourth-order valence-electron chi connectivity index (χ4n) is 5.15. The molecule has 1 N–H and O–H groups in total. The zero-order valence-electron chi connectivity index (χ0n) is 23.9. The summed E-state index contributed by atoms with van der Waals surface area (Å²) in [5.74, 6) is -1.12. The fraction of sp³-hybridized carbons (Fsp3) is 0.355. The number of nitrogens with zero attached hydrogens (tertiary/aromatic N) is 2. The minimum atomic E-state index is -4.33. The van der Waals surface area contributed by atoms with Gasteiger partial charge in [-0.1, -0.05) is 49.0 Å². The molecule has 3 aromatic rings. The topological polar surface area (TPSA) is 96.0 Å². The van der Waals surface area contributed by atoms with Gasteiger partial charge in [0.25, 0.3) is 10.0 Å². The monoisotopic (exact) mass is 649 g/mol. The summed E-state index contributed by atoms with van der Waals surface area (Å²) in [6, 6.07) is 14.5. The summed E-state index contributed by atoms with van der Waals surface area (Å²) in [6.07, 6.45) is 3.98. The van der Waals surface area contributed by atoms with Gasteiger partial charge in [0, 0.05) is 28.2 Å². The number of amides is 2. The van der Waals surface area contributed by atoms with Crippen LogP contribution in [0.2, 0.25) is 10.0 Å². The van der Waals surface area contributed by atoms with Gasteiger partial charge < -0.3 is 15.0 Å². The lowest BCUT2D eigenvalue weighted by molar-refractivity contribution is -0.140. The smallest absolute Gasteiger partial charge is 0.264 e. The van der Waals surface area contributed by atoms with Gasteiger partial charge in [0.05, 0.1) is 17.7 Å². The summed E-state index contributed by atoms with van der Waals surface area (Å²) in [4.78, 5) is 29.0. The third-order valence-electron chi connectivity index (χ3n) is 7.52. The van der Waals surface area contributed by atoms with Gasteiger partial charge in [-0.15, -0.1) is 0 Å². The first-order valence-corrected chi connectivity index (χ1v) is 16.2. The molecule has 3 aromatic carbocycles. The highest BCUT2D eigenvalue weighted by molar-refractivity contribution is 7.92. The molecule has 0 spiro atoms. The molecule has 8 nitrogen and oxygen atoms in total. The molecule has 1 atom stereocenters. The Labute approximate surface area is 261 Å². The van der Waals surface area contributed by atoms with Gasteiger partial charge in [-0.25, -0.2) is 12.8 Å². The van der Waals surface area contributed by atoms with Crippen LogP contribution < -0.4 is 14.4 Å². The van der Waals surface area contributed by atoms with Gasteiger partial charge in [0.1, 0.15) is 24.2 Å². The molecule has 0 unspecified atom stereocenters. The SMILES string of the molecule is CC[C@H](C(=O)NC1CCCC1)N(Cc1c(Cl)cccc1Cl)C(=O)CN(c1ccc(F)cc1)S(=O)(=O)c1ccc(OC)cc1. The number of methoxy groups -OCH3 is 1. The lowest BCUT2D eigenvalue weighted by Gasteiger charge is -2.34. The number of carbonyl (C=O) groups is 2. The van der Waals surface area contributed by atoms with Crippen molar-refractivity contribution in [2.45, 2.75) is 62.6 Å². The maximum absolute atomic E-state index is 14.2. The van der Waals surface area contributed by atoms with Crippen molar-refractivity contribution in [2.24, 2.45) is 0 Å². The van der Waals surface area contributed by atoms with E-state index in [2.05, 4.69) is 5.32 Å². The van der Waals surface area contributed by atoms with Crippen LogP contribution in [0.15, 0.2) is 71.6 Å². The summed E-state index contributed by atoms with van der Waals surface area (Å²) >= 11 is 12.9. The number of anilines is 1. The average Bonchev–Trinajstić information content (AvgIpc) is 3.50. The Kier molecular flexibility index (Phi) is 10.9. The first-order chi connectivity index (χ1) is 20.5. The number of nitrogens with one attached hydrogen (secondary N) is 1. The molecule has 0 aliphatic heterocycles. The number of hydrogen-bond donors (Lipinski definition) is 1. The number of benzene rings is 3. The zero-order valence-corrected chi connectivity index (χ0v) is 26.3. The Morgan fingerprint density at radius 1 is 1.00 bits per heavy atom. The van der Waals surface area contributed by atoms with E-state index in [1.165, 1.54) is 48.4 Å². The van der Waals surface area contributed by atoms with Crippen LogP contribution in [0.1, 0.15) is 44.6 Å². The molecule has 0 heterocycles. The van der Waals surface area contributed by atoms with Gasteiger partial charge in [0.15, 0.2) is 0 Å². The first-order valence-electron chi connectivity index (χ1n) is 14.0. The van der Waals surface area contributed by atoms with Crippen molar-refractivity contribution >= 4 is 50.7 Å². The highest BCUT2D eigenvalue weighted by Crippen LogP contribution is 2.29. The first kappa shape index (κ1) is 32.6. The second-order valence-corrected chi connectivity index (χ2v) is 13.0. The molecule has 1 aliphatic rings. The highest BCUT2D eigenvalue weighted by Gasteiger charge is 2.35. The summed E-state index contributed by atoms with van der Waals surface area (Å²) in [7, 11) is -2.87. The van der Waals surface area contributed by atoms with Crippen molar-refractivity contribution in [1.29, 1.82) is 0 Å². The standard InChI is InChI=1S/C31H34Cl2FN3O5S/c1-3-29(31(39)35-22-7-4-5-8-22)36(19-26-27(32)9-6-10-28(26)33)30(38)20-37(23-13-11-21(34)12-14-23)43(40,41)25-17-15-24(42-2)16-18-25/h6,9-18,22,29H,3-5,7-8,19-20H2,1-2H3,(H,35,39)/t29-/m1/s1. The van der Waals surface area contributed by atoms with E-state index < -0.39 is 34.3 Å². The maximum Gasteiger partial charge on any atom is 0.264 e. The Balaban J connectivity index is 1.74. The number of carbonyl (C=O) groups excluding carboxylic acids is 2. The summed E-state index contributed by atoms with van der Waals surface area (Å²) < 4.78 is 47.8. The van der Waals surface area contributed by atoms with Gasteiger partial charge in [0.2, 0.25) is 11.8 Å². The molecule has 2 amide bonds. The van der Waals surface area contributed by atoms with Crippen molar-refractivity contribution in [2.75, 3.05) is 18.0 Å². The highest BCUT2D eigenvalue weighted by atomic mass is 35.5. The lowest BCUT2D eigenvalue weighted by atomic mass is 10.1. The van der Waals surface area contributed by atoms with E-state index in [0.717, 1.165) is 42.1 Å². The van der Waals surface area contributed by atoms with Crippen LogP contribution in [0.4, 0.5) is 10.1 Å². The largest absolute Gasteiger partial charge is 0.497 e. The molecule has 1 aliphatic carbocycles. The van der Waals surface area contributed by atoms with E-state index in [1.54, 1.807) is 25.1 Å². The Morgan fingerprint density at radius 3 is 2.16 bits per heavy atom. The van der Waals surface area contributed by atoms with Crippen LogP contribution >= 0.6 is 23.2 Å². The summed E-state index contributed by atoms with van der Waals surface area (Å²) in [5, 5.41) is 3.66. The second-order valence-electron chi connectivity index (χ2n) is 10.3. The molecule has 1 fully saturated rings. The van der Waals surface area contributed by atoms with Gasteiger partial charge >= 0.3 is 0 Å². The molecular weight excluding hydrogens is 616 g/mol. The number of ether oxygens (including phenoxy) is 1. The predicted octanol–water partition coefficient (Wildman–Crippen LogP) is 6.20. The van der Waals surface area contributed by atoms with Crippen LogP contribution in [-0.2, 0) is 26.2 Å². The molecule has 0 aromatic heterocycles. The van der Waals surface area contributed by atoms with E-state index in [9.17, 15) is 22.4 Å². The van der Waals surface area contributed by atoms with Gasteiger partial charge in [-0.3, -0.25) is 13.9 Å². The minimum absolute atomic E-state index is 0.00793. The van der Waals surface area contributed by atoms with Crippen LogP contribution in [0.5, 0.6) is 5.75 Å². The van der Waals surface area contributed by atoms with Gasteiger partial charge in [-0.2, -0.15) is 0 Å². The van der Waals surface area contributed by atoms with Crippen LogP contribution in [-0.4, -0.2) is 50.9 Å². The molecule has 230 valence electrons. The molecule has 43 heavy (non-hydrogen) atoms. The predicted molar refractivity (Wildman–Crippen MR) is 165 cm³/mol. The molecule has 1 saturated carbocycles. The van der Waals surface area contributed by atoms with E-state index >= 15 is 0 Å². The maximum atomic E-state index is 14.2. The average molecular weight is 651 g/mol. The van der Waals surface area contributed by atoms with E-state index in [-0.39, 0.29) is 35.5 Å². The lowest BCUT2D eigenvalue weighted by Crippen LogP contribution is -2.53. The van der Waals surface area contributed by atoms with E-state index in [1.807, 2.05) is 0 Å². The quantitative estimate of drug-likeness (QED) is 0.252. The summed E-state index contributed by atoms with van der Waals surface area (Å²) in [6.45, 7) is 0.974. The van der Waals surface area contributed by atoms with Crippen molar-refractivity contribution in [1.82, 2.24) is 10.2 Å². The number of halogens is 3. The Hall–Kier alpha value is -3.34. The fourth-order valence-corrected chi connectivity index (χ4v) is 7.08. The third-order valence-corrected chi connectivity index (χ3v) is 10.0. The Morgan fingerprint density at radius 2 is 1.60 bits per heavy atom. The van der Waals surface area contributed by atoms with Crippen LogP contribution in [0.3, 0.4) is 0 Å². The minimum Gasteiger partial charge on any atom is -0.497 e. The second kappa shape index (κ2) is 14.4. The normalized spacial score (nSPS) is 14.3. The number of hydrogen-bond acceptors (Lipinski definition) is 5. The van der Waals surface area contributed by atoms with Crippen molar-refractivity contribution in [3.63, 3.8) is 0 Å². The van der Waals surface area contributed by atoms with Crippen molar-refractivity contribution < 1.29 is 27.1 Å². The molecule has 12 heteroatoms. The molecule has 0 bridgehead atoms. The third kappa shape index (κ3) is 7.79. The van der Waals surface area contributed by atoms with E-state index in [0.29, 0.717) is 21.4 Å². The van der Waals surface area contributed by atoms with Crippen LogP contribution in [0, 0.1) is 5.82 Å². The molecule has 4 rings (SSSR count). The van der Waals surface area contributed by atoms with Crippen molar-refractivity contribution in [3.8, 4) is 5.75 Å². The van der Waals surface area contributed by atoms with Crippen molar-refractivity contribution in [3.05, 3.63) is 88.2 Å². The molecule has 0 radical (unpaired) electrons. The van der Waals surface area contributed by atoms with Crippen LogP contribution in [0.25, 0.3) is 0 Å². The number of sulfonamides is 1. The van der Waals surface area contributed by atoms with E-state index in [4.69, 9.17) is 27.9 Å².